The maximum Gasteiger partial charge on any atom is 0.224 e. The molecule has 0 radical (unpaired) electrons. The lowest BCUT2D eigenvalue weighted by Gasteiger charge is -2.08. The number of benzene rings is 2. The number of Topliss-reactive ketones (excluding diaryl/α,β-unsaturated/α-hetero) is 1. The zero-order chi connectivity index (χ0) is 18.4. The Morgan fingerprint density at radius 3 is 2.65 bits per heavy atom. The van der Waals surface area contributed by atoms with Gasteiger partial charge in [0.15, 0.2) is 12.4 Å². The summed E-state index contributed by atoms with van der Waals surface area (Å²) in [6.07, 6.45) is 1.88. The van der Waals surface area contributed by atoms with Gasteiger partial charge >= 0.3 is 0 Å². The zero-order valence-electron chi connectivity index (χ0n) is 14.1. The molecule has 0 atom stereocenters. The highest BCUT2D eigenvalue weighted by atomic mass is 16.5. The number of anilines is 1. The summed E-state index contributed by atoms with van der Waals surface area (Å²) < 4.78 is 7.07. The lowest BCUT2D eigenvalue weighted by Crippen LogP contribution is -2.12. The van der Waals surface area contributed by atoms with Crippen molar-refractivity contribution in [3.8, 4) is 11.4 Å². The average Bonchev–Trinajstić information content (AvgIpc) is 3.21. The zero-order valence-corrected chi connectivity index (χ0v) is 14.1. The minimum absolute atomic E-state index is 0.0742. The number of carbonyl (C=O) groups is 2. The molecule has 8 nitrogen and oxygen atoms in total. The van der Waals surface area contributed by atoms with E-state index >= 15 is 0 Å². The summed E-state index contributed by atoms with van der Waals surface area (Å²) in [7, 11) is 0. The third-order valence-corrected chi connectivity index (χ3v) is 3.61. The first-order valence-corrected chi connectivity index (χ1v) is 8.05. The van der Waals surface area contributed by atoms with Crippen LogP contribution in [0.1, 0.15) is 23.7 Å². The van der Waals surface area contributed by atoms with E-state index in [9.17, 15) is 9.59 Å². The molecule has 132 valence electrons. The van der Waals surface area contributed by atoms with Gasteiger partial charge < -0.3 is 10.1 Å². The average molecular weight is 351 g/mol. The first-order valence-electron chi connectivity index (χ1n) is 8.05. The second kappa shape index (κ2) is 8.02. The van der Waals surface area contributed by atoms with Gasteiger partial charge in [-0.3, -0.25) is 9.59 Å². The van der Waals surface area contributed by atoms with Crippen LogP contribution in [0.5, 0.6) is 5.75 Å². The van der Waals surface area contributed by atoms with Gasteiger partial charge in [0, 0.05) is 23.7 Å². The van der Waals surface area contributed by atoms with E-state index in [1.54, 1.807) is 49.4 Å². The van der Waals surface area contributed by atoms with E-state index in [0.717, 1.165) is 5.69 Å². The molecule has 3 rings (SSSR count). The van der Waals surface area contributed by atoms with Crippen molar-refractivity contribution < 1.29 is 14.3 Å². The highest BCUT2D eigenvalue weighted by Gasteiger charge is 2.08. The summed E-state index contributed by atoms with van der Waals surface area (Å²) >= 11 is 0. The minimum Gasteiger partial charge on any atom is -0.485 e. The second-order valence-corrected chi connectivity index (χ2v) is 5.44. The van der Waals surface area contributed by atoms with Gasteiger partial charge in [-0.1, -0.05) is 13.0 Å². The van der Waals surface area contributed by atoms with E-state index < -0.39 is 0 Å². The van der Waals surface area contributed by atoms with Crippen molar-refractivity contribution >= 4 is 17.4 Å². The molecule has 0 fully saturated rings. The van der Waals surface area contributed by atoms with E-state index in [4.69, 9.17) is 4.74 Å². The van der Waals surface area contributed by atoms with Crippen LogP contribution in [0.4, 0.5) is 5.69 Å². The maximum atomic E-state index is 12.3. The molecule has 0 saturated heterocycles. The van der Waals surface area contributed by atoms with Crippen LogP contribution in [0.3, 0.4) is 0 Å². The van der Waals surface area contributed by atoms with Crippen LogP contribution in [-0.2, 0) is 4.79 Å². The van der Waals surface area contributed by atoms with E-state index in [0.29, 0.717) is 23.4 Å². The molecule has 1 N–H and O–H groups in total. The smallest absolute Gasteiger partial charge is 0.224 e. The van der Waals surface area contributed by atoms with Crippen LogP contribution in [0, 0.1) is 0 Å². The molecule has 2 aromatic carbocycles. The number of ether oxygens (including phenoxy) is 1. The number of nitrogens with zero attached hydrogens (tertiary/aromatic N) is 4. The summed E-state index contributed by atoms with van der Waals surface area (Å²) in [6, 6.07) is 13.8. The number of aromatic nitrogens is 4. The molecule has 0 aliphatic rings. The topological polar surface area (TPSA) is 99.0 Å². The molecule has 26 heavy (non-hydrogen) atoms. The predicted octanol–water partition coefficient (Wildman–Crippen LogP) is 2.27. The fourth-order valence-corrected chi connectivity index (χ4v) is 2.22. The molecule has 1 heterocycles. The van der Waals surface area contributed by atoms with Gasteiger partial charge in [-0.05, 0) is 46.8 Å². The first kappa shape index (κ1) is 17.3. The Hall–Kier alpha value is -3.55. The second-order valence-electron chi connectivity index (χ2n) is 5.44. The highest BCUT2D eigenvalue weighted by molar-refractivity contribution is 5.98. The molecule has 0 saturated carbocycles. The Balaban J connectivity index is 1.60. The van der Waals surface area contributed by atoms with Crippen molar-refractivity contribution in [1.82, 2.24) is 20.2 Å². The Labute approximate surface area is 149 Å². The summed E-state index contributed by atoms with van der Waals surface area (Å²) in [4.78, 5) is 23.6. The van der Waals surface area contributed by atoms with Gasteiger partial charge in [0.25, 0.3) is 0 Å². The molecule has 1 aromatic heterocycles. The number of tetrazole rings is 1. The van der Waals surface area contributed by atoms with Crippen LogP contribution in [0.15, 0.2) is 54.9 Å². The summed E-state index contributed by atoms with van der Waals surface area (Å²) in [5.41, 5.74) is 1.90. The van der Waals surface area contributed by atoms with Crippen molar-refractivity contribution in [3.63, 3.8) is 0 Å². The summed E-state index contributed by atoms with van der Waals surface area (Å²) in [5, 5.41) is 13.7. The third-order valence-electron chi connectivity index (χ3n) is 3.61. The van der Waals surface area contributed by atoms with E-state index in [1.165, 1.54) is 11.0 Å². The van der Waals surface area contributed by atoms with Gasteiger partial charge in [-0.15, -0.1) is 5.10 Å². The van der Waals surface area contributed by atoms with Crippen molar-refractivity contribution in [1.29, 1.82) is 0 Å². The lowest BCUT2D eigenvalue weighted by atomic mass is 10.1. The van der Waals surface area contributed by atoms with E-state index in [-0.39, 0.29) is 18.3 Å². The number of hydrogen-bond donors (Lipinski definition) is 1. The monoisotopic (exact) mass is 351 g/mol. The van der Waals surface area contributed by atoms with Gasteiger partial charge in [0.1, 0.15) is 12.1 Å². The Bertz CT molecular complexity index is 891. The molecule has 1 amide bonds. The number of rotatable bonds is 7. The third kappa shape index (κ3) is 4.29. The fraction of sp³-hybridized carbons (Fsp3) is 0.167. The normalized spacial score (nSPS) is 10.3. The van der Waals surface area contributed by atoms with Crippen LogP contribution in [-0.4, -0.2) is 38.5 Å². The Morgan fingerprint density at radius 2 is 1.96 bits per heavy atom. The van der Waals surface area contributed by atoms with E-state index in [2.05, 4.69) is 20.8 Å². The van der Waals surface area contributed by atoms with Gasteiger partial charge in [0.2, 0.25) is 5.91 Å². The summed E-state index contributed by atoms with van der Waals surface area (Å²) in [6.45, 7) is 1.68. The number of ketones is 1. The molecule has 0 aliphatic carbocycles. The predicted molar refractivity (Wildman–Crippen MR) is 94.3 cm³/mol. The molecule has 8 heteroatoms. The maximum absolute atomic E-state index is 12.3. The summed E-state index contributed by atoms with van der Waals surface area (Å²) in [5.74, 6) is 0.305. The van der Waals surface area contributed by atoms with Crippen LogP contribution >= 0.6 is 0 Å². The van der Waals surface area contributed by atoms with Crippen molar-refractivity contribution in [3.05, 3.63) is 60.4 Å². The Morgan fingerprint density at radius 1 is 1.15 bits per heavy atom. The molecule has 0 aliphatic heterocycles. The number of nitrogens with one attached hydrogen (secondary N) is 1. The van der Waals surface area contributed by atoms with Crippen molar-refractivity contribution in [2.75, 3.05) is 11.9 Å². The number of amides is 1. The largest absolute Gasteiger partial charge is 0.485 e. The number of hydrogen-bond acceptors (Lipinski definition) is 6. The quantitative estimate of drug-likeness (QED) is 0.656. The van der Waals surface area contributed by atoms with E-state index in [1.807, 2.05) is 6.07 Å². The standard InChI is InChI=1S/C18H17N5O3/c1-2-18(25)20-14-8-6-13(7-9-14)17(24)11-26-16-5-3-4-15(10-16)23-12-19-21-22-23/h3-10,12H,2,11H2,1H3,(H,20,25). The van der Waals surface area contributed by atoms with Gasteiger partial charge in [0.05, 0.1) is 5.69 Å². The van der Waals surface area contributed by atoms with Crippen molar-refractivity contribution in [2.24, 2.45) is 0 Å². The van der Waals surface area contributed by atoms with Crippen molar-refractivity contribution in [2.45, 2.75) is 13.3 Å². The van der Waals surface area contributed by atoms with Crippen LogP contribution in [0.2, 0.25) is 0 Å². The lowest BCUT2D eigenvalue weighted by molar-refractivity contribution is -0.115. The van der Waals surface area contributed by atoms with Crippen LogP contribution < -0.4 is 10.1 Å². The SMILES string of the molecule is CCC(=O)Nc1ccc(C(=O)COc2cccc(-n3cnnn3)c2)cc1. The highest BCUT2D eigenvalue weighted by Crippen LogP contribution is 2.16. The number of carbonyl (C=O) groups excluding carboxylic acids is 2. The fourth-order valence-electron chi connectivity index (χ4n) is 2.22. The Kier molecular flexibility index (Phi) is 5.33. The molecule has 0 spiro atoms. The molecular formula is C18H17N5O3. The molecule has 0 bridgehead atoms. The van der Waals surface area contributed by atoms with Gasteiger partial charge in [-0.2, -0.15) is 0 Å². The molecular weight excluding hydrogens is 334 g/mol. The minimum atomic E-state index is -0.161. The van der Waals surface area contributed by atoms with Crippen LogP contribution in [0.25, 0.3) is 5.69 Å². The van der Waals surface area contributed by atoms with Gasteiger partial charge in [-0.25, -0.2) is 4.68 Å². The molecule has 3 aromatic rings. The molecule has 0 unspecified atom stereocenters. The first-order chi connectivity index (χ1) is 12.7.